The topological polar surface area (TPSA) is 46.3 Å². The van der Waals surface area contributed by atoms with Gasteiger partial charge in [-0.2, -0.15) is 0 Å². The Balaban J connectivity index is 1.98. The van der Waals surface area contributed by atoms with Crippen LogP contribution in [0, 0.1) is 0 Å². The van der Waals surface area contributed by atoms with Gasteiger partial charge in [0.15, 0.2) is 6.39 Å². The highest BCUT2D eigenvalue weighted by Crippen LogP contribution is 2.27. The van der Waals surface area contributed by atoms with Gasteiger partial charge in [0.1, 0.15) is 0 Å². The molecule has 0 saturated heterocycles. The minimum atomic E-state index is -0.116. The molecule has 4 nitrogen and oxygen atoms in total. The molecule has 0 radical (unpaired) electrons. The predicted octanol–water partition coefficient (Wildman–Crippen LogP) is 2.27. The number of fused-ring (bicyclic) bond motifs is 1. The Morgan fingerprint density at radius 1 is 1.35 bits per heavy atom. The Kier molecular flexibility index (Phi) is 2.40. The quantitative estimate of drug-likeness (QED) is 0.752. The molecule has 86 valence electrons. The number of carbonyl (C=O) groups excluding carboxylic acids is 1. The van der Waals surface area contributed by atoms with E-state index < -0.39 is 0 Å². The summed E-state index contributed by atoms with van der Waals surface area (Å²) >= 11 is 0. The molecule has 0 N–H and O–H groups in total. The van der Waals surface area contributed by atoms with Crippen molar-refractivity contribution in [1.82, 2.24) is 4.98 Å². The van der Waals surface area contributed by atoms with Crippen molar-refractivity contribution in [3.63, 3.8) is 0 Å². The molecule has 1 aromatic heterocycles. The second kappa shape index (κ2) is 4.05. The molecule has 0 saturated carbocycles. The molecule has 0 fully saturated rings. The lowest BCUT2D eigenvalue weighted by Gasteiger charge is -2.28. The summed E-state index contributed by atoms with van der Waals surface area (Å²) in [6.45, 7) is 0.733. The number of anilines is 1. The van der Waals surface area contributed by atoms with E-state index in [4.69, 9.17) is 4.42 Å². The molecule has 17 heavy (non-hydrogen) atoms. The number of aromatic nitrogens is 1. The number of benzene rings is 1. The second-order valence-corrected chi connectivity index (χ2v) is 4.05. The van der Waals surface area contributed by atoms with Crippen LogP contribution in [0.4, 0.5) is 5.69 Å². The molecule has 0 atom stereocenters. The van der Waals surface area contributed by atoms with Gasteiger partial charge in [0.05, 0.1) is 6.20 Å². The van der Waals surface area contributed by atoms with Gasteiger partial charge in [-0.15, -0.1) is 0 Å². The lowest BCUT2D eigenvalue weighted by molar-refractivity contribution is 0.0958. The van der Waals surface area contributed by atoms with Crippen LogP contribution in [0.2, 0.25) is 0 Å². The zero-order valence-electron chi connectivity index (χ0n) is 9.30. The Morgan fingerprint density at radius 3 is 3.06 bits per heavy atom. The first-order chi connectivity index (χ1) is 8.36. The van der Waals surface area contributed by atoms with Crippen LogP contribution in [0.1, 0.15) is 22.5 Å². The van der Waals surface area contributed by atoms with Crippen LogP contribution in [0.15, 0.2) is 41.3 Å². The summed E-state index contributed by atoms with van der Waals surface area (Å²) in [6, 6.07) is 7.99. The Bertz CT molecular complexity index is 534. The van der Waals surface area contributed by atoms with E-state index in [0.717, 1.165) is 25.1 Å². The Labute approximate surface area is 98.9 Å². The van der Waals surface area contributed by atoms with Gasteiger partial charge in [-0.1, -0.05) is 18.2 Å². The highest BCUT2D eigenvalue weighted by Gasteiger charge is 2.24. The zero-order valence-corrected chi connectivity index (χ0v) is 9.30. The molecule has 4 heteroatoms. The van der Waals surface area contributed by atoms with Crippen molar-refractivity contribution in [2.45, 2.75) is 12.8 Å². The lowest BCUT2D eigenvalue weighted by Crippen LogP contribution is -2.35. The molecule has 1 aliphatic rings. The van der Waals surface area contributed by atoms with Crippen molar-refractivity contribution >= 4 is 11.6 Å². The van der Waals surface area contributed by atoms with Crippen molar-refractivity contribution in [2.24, 2.45) is 0 Å². The van der Waals surface area contributed by atoms with Crippen LogP contribution in [-0.2, 0) is 6.42 Å². The van der Waals surface area contributed by atoms with Crippen LogP contribution in [0.25, 0.3) is 0 Å². The van der Waals surface area contributed by atoms with Gasteiger partial charge in [-0.25, -0.2) is 4.98 Å². The van der Waals surface area contributed by atoms with Gasteiger partial charge < -0.3 is 9.32 Å². The summed E-state index contributed by atoms with van der Waals surface area (Å²) in [4.78, 5) is 17.8. The third kappa shape index (κ3) is 1.71. The van der Waals surface area contributed by atoms with Gasteiger partial charge in [0.2, 0.25) is 5.76 Å². The van der Waals surface area contributed by atoms with E-state index in [1.807, 2.05) is 18.2 Å². The molecule has 2 heterocycles. The molecular weight excluding hydrogens is 216 g/mol. The molecule has 2 aromatic rings. The average molecular weight is 228 g/mol. The molecule has 1 aromatic carbocycles. The first-order valence-corrected chi connectivity index (χ1v) is 5.64. The Hall–Kier alpha value is -2.10. The van der Waals surface area contributed by atoms with Crippen molar-refractivity contribution in [2.75, 3.05) is 11.4 Å². The lowest BCUT2D eigenvalue weighted by atomic mass is 10.0. The first-order valence-electron chi connectivity index (χ1n) is 5.64. The molecule has 1 amide bonds. The van der Waals surface area contributed by atoms with Gasteiger partial charge >= 0.3 is 0 Å². The van der Waals surface area contributed by atoms with E-state index >= 15 is 0 Å². The summed E-state index contributed by atoms with van der Waals surface area (Å²) in [5, 5.41) is 0. The smallest absolute Gasteiger partial charge is 0.295 e. The van der Waals surface area contributed by atoms with E-state index in [1.165, 1.54) is 18.2 Å². The third-order valence-electron chi connectivity index (χ3n) is 3.00. The van der Waals surface area contributed by atoms with Gasteiger partial charge in [0, 0.05) is 12.2 Å². The van der Waals surface area contributed by atoms with Crippen LogP contribution < -0.4 is 4.90 Å². The molecule has 0 aliphatic carbocycles. The number of rotatable bonds is 1. The zero-order chi connectivity index (χ0) is 11.7. The summed E-state index contributed by atoms with van der Waals surface area (Å²) in [7, 11) is 0. The standard InChI is InChI=1S/C13H12N2O2/c16-13(12-8-14-9-17-12)15-7-3-5-10-4-1-2-6-11(10)15/h1-2,4,6,8-9H,3,5,7H2. The van der Waals surface area contributed by atoms with Crippen molar-refractivity contribution in [1.29, 1.82) is 0 Å². The van der Waals surface area contributed by atoms with Gasteiger partial charge in [-0.05, 0) is 24.5 Å². The van der Waals surface area contributed by atoms with E-state index in [-0.39, 0.29) is 5.91 Å². The van der Waals surface area contributed by atoms with Gasteiger partial charge in [-0.3, -0.25) is 4.79 Å². The molecular formula is C13H12N2O2. The largest absolute Gasteiger partial charge is 0.438 e. The number of hydrogen-bond acceptors (Lipinski definition) is 3. The van der Waals surface area contributed by atoms with E-state index in [0.29, 0.717) is 5.76 Å². The monoisotopic (exact) mass is 228 g/mol. The summed E-state index contributed by atoms with van der Waals surface area (Å²) in [5.74, 6) is 0.177. The minimum Gasteiger partial charge on any atom is -0.438 e. The van der Waals surface area contributed by atoms with Crippen molar-refractivity contribution in [3.8, 4) is 0 Å². The maximum Gasteiger partial charge on any atom is 0.295 e. The number of oxazole rings is 1. The number of nitrogens with zero attached hydrogens (tertiary/aromatic N) is 2. The second-order valence-electron chi connectivity index (χ2n) is 4.05. The minimum absolute atomic E-state index is 0.116. The fraction of sp³-hybridized carbons (Fsp3) is 0.231. The number of amides is 1. The summed E-state index contributed by atoms with van der Waals surface area (Å²) in [6.07, 6.45) is 4.75. The number of carbonyl (C=O) groups is 1. The first kappa shape index (κ1) is 10.1. The maximum absolute atomic E-state index is 12.2. The molecule has 0 spiro atoms. The van der Waals surface area contributed by atoms with Crippen LogP contribution in [0.5, 0.6) is 0 Å². The highest BCUT2D eigenvalue weighted by molar-refractivity contribution is 6.04. The molecule has 0 bridgehead atoms. The van der Waals surface area contributed by atoms with E-state index in [1.54, 1.807) is 4.90 Å². The van der Waals surface area contributed by atoms with Crippen molar-refractivity contribution < 1.29 is 9.21 Å². The highest BCUT2D eigenvalue weighted by atomic mass is 16.3. The molecule has 1 aliphatic heterocycles. The van der Waals surface area contributed by atoms with Crippen molar-refractivity contribution in [3.05, 3.63) is 48.2 Å². The van der Waals surface area contributed by atoms with Gasteiger partial charge in [0.25, 0.3) is 5.91 Å². The fourth-order valence-electron chi connectivity index (χ4n) is 2.20. The normalized spacial score (nSPS) is 14.5. The number of para-hydroxylation sites is 1. The number of hydrogen-bond donors (Lipinski definition) is 0. The van der Waals surface area contributed by atoms with Crippen LogP contribution >= 0.6 is 0 Å². The SMILES string of the molecule is O=C(c1cnco1)N1CCCc2ccccc21. The van der Waals surface area contributed by atoms with Crippen LogP contribution in [-0.4, -0.2) is 17.4 Å². The Morgan fingerprint density at radius 2 is 2.24 bits per heavy atom. The van der Waals surface area contributed by atoms with Crippen LogP contribution in [0.3, 0.4) is 0 Å². The maximum atomic E-state index is 12.2. The van der Waals surface area contributed by atoms with E-state index in [2.05, 4.69) is 11.1 Å². The number of aryl methyl sites for hydroxylation is 1. The molecule has 3 rings (SSSR count). The summed E-state index contributed by atoms with van der Waals surface area (Å²) < 4.78 is 5.06. The third-order valence-corrected chi connectivity index (χ3v) is 3.00. The summed E-state index contributed by atoms with van der Waals surface area (Å²) in [5.41, 5.74) is 2.20. The fourth-order valence-corrected chi connectivity index (χ4v) is 2.20. The predicted molar refractivity (Wildman–Crippen MR) is 62.9 cm³/mol. The molecule has 0 unspecified atom stereocenters. The average Bonchev–Trinajstić information content (AvgIpc) is 2.91. The van der Waals surface area contributed by atoms with E-state index in [9.17, 15) is 4.79 Å².